The van der Waals surface area contributed by atoms with Gasteiger partial charge in [0.05, 0.1) is 6.04 Å². The summed E-state index contributed by atoms with van der Waals surface area (Å²) in [5, 5.41) is 2.05. The SMILES string of the molecule is O=C(CCl)N1CCCC1c1cccs1. The Balaban J connectivity index is 2.15. The molecular weight excluding hydrogens is 218 g/mol. The van der Waals surface area contributed by atoms with E-state index in [1.165, 1.54) is 4.88 Å². The molecule has 0 spiro atoms. The highest BCUT2D eigenvalue weighted by atomic mass is 35.5. The standard InChI is InChI=1S/C10H12ClNOS/c11-7-10(13)12-5-1-3-8(12)9-4-2-6-14-9/h2,4,6,8H,1,3,5,7H2. The molecule has 1 amide bonds. The van der Waals surface area contributed by atoms with E-state index in [4.69, 9.17) is 11.6 Å². The predicted octanol–water partition coefficient (Wildman–Crippen LogP) is 2.65. The maximum absolute atomic E-state index is 11.5. The van der Waals surface area contributed by atoms with Crippen molar-refractivity contribution in [1.29, 1.82) is 0 Å². The fourth-order valence-electron chi connectivity index (χ4n) is 1.92. The number of hydrogen-bond acceptors (Lipinski definition) is 2. The average Bonchev–Trinajstić information content (AvgIpc) is 2.85. The van der Waals surface area contributed by atoms with Gasteiger partial charge in [0.1, 0.15) is 5.88 Å². The van der Waals surface area contributed by atoms with Crippen LogP contribution in [-0.2, 0) is 4.79 Å². The van der Waals surface area contributed by atoms with Gasteiger partial charge in [-0.15, -0.1) is 22.9 Å². The maximum Gasteiger partial charge on any atom is 0.238 e. The van der Waals surface area contributed by atoms with Crippen molar-refractivity contribution in [3.63, 3.8) is 0 Å². The second-order valence-electron chi connectivity index (χ2n) is 3.39. The van der Waals surface area contributed by atoms with Gasteiger partial charge >= 0.3 is 0 Å². The summed E-state index contributed by atoms with van der Waals surface area (Å²) in [4.78, 5) is 14.7. The molecule has 4 heteroatoms. The van der Waals surface area contributed by atoms with Crippen molar-refractivity contribution in [3.05, 3.63) is 22.4 Å². The molecule has 0 aliphatic carbocycles. The molecule has 1 aromatic rings. The van der Waals surface area contributed by atoms with E-state index in [0.717, 1.165) is 19.4 Å². The van der Waals surface area contributed by atoms with E-state index in [9.17, 15) is 4.79 Å². The second kappa shape index (κ2) is 4.32. The number of halogens is 1. The van der Waals surface area contributed by atoms with Crippen LogP contribution in [0, 0.1) is 0 Å². The summed E-state index contributed by atoms with van der Waals surface area (Å²) in [6, 6.07) is 4.40. The zero-order valence-electron chi connectivity index (χ0n) is 7.78. The van der Waals surface area contributed by atoms with E-state index in [2.05, 4.69) is 11.4 Å². The molecule has 76 valence electrons. The summed E-state index contributed by atoms with van der Waals surface area (Å²) in [6.07, 6.45) is 2.16. The Hall–Kier alpha value is -0.540. The van der Waals surface area contributed by atoms with Crippen LogP contribution in [0.1, 0.15) is 23.8 Å². The first-order chi connectivity index (χ1) is 6.83. The van der Waals surface area contributed by atoms with Gasteiger partial charge in [0, 0.05) is 11.4 Å². The maximum atomic E-state index is 11.5. The zero-order valence-corrected chi connectivity index (χ0v) is 9.35. The quantitative estimate of drug-likeness (QED) is 0.714. The van der Waals surface area contributed by atoms with Crippen molar-refractivity contribution < 1.29 is 4.79 Å². The lowest BCUT2D eigenvalue weighted by Gasteiger charge is -2.22. The highest BCUT2D eigenvalue weighted by Crippen LogP contribution is 2.34. The van der Waals surface area contributed by atoms with Crippen molar-refractivity contribution in [3.8, 4) is 0 Å². The fourth-order valence-corrected chi connectivity index (χ4v) is 2.95. The topological polar surface area (TPSA) is 20.3 Å². The number of carbonyl (C=O) groups excluding carboxylic acids is 1. The first-order valence-electron chi connectivity index (χ1n) is 4.72. The monoisotopic (exact) mass is 229 g/mol. The molecule has 2 nitrogen and oxygen atoms in total. The van der Waals surface area contributed by atoms with Crippen LogP contribution in [0.3, 0.4) is 0 Å². The number of likely N-dealkylation sites (tertiary alicyclic amines) is 1. The van der Waals surface area contributed by atoms with Crippen LogP contribution in [-0.4, -0.2) is 23.2 Å². The minimum atomic E-state index is 0.0579. The third-order valence-corrected chi connectivity index (χ3v) is 3.76. The molecule has 1 saturated heterocycles. The van der Waals surface area contributed by atoms with E-state index in [1.807, 2.05) is 11.0 Å². The van der Waals surface area contributed by atoms with Crippen LogP contribution in [0.2, 0.25) is 0 Å². The number of thiophene rings is 1. The van der Waals surface area contributed by atoms with Crippen molar-refractivity contribution >= 4 is 28.8 Å². The van der Waals surface area contributed by atoms with Gasteiger partial charge in [0.25, 0.3) is 0 Å². The Morgan fingerprint density at radius 2 is 2.57 bits per heavy atom. The van der Waals surface area contributed by atoms with E-state index >= 15 is 0 Å². The van der Waals surface area contributed by atoms with E-state index < -0.39 is 0 Å². The lowest BCUT2D eigenvalue weighted by Crippen LogP contribution is -2.30. The van der Waals surface area contributed by atoms with Crippen LogP contribution < -0.4 is 0 Å². The first-order valence-corrected chi connectivity index (χ1v) is 6.13. The van der Waals surface area contributed by atoms with Gasteiger partial charge in [0.15, 0.2) is 0 Å². The Kier molecular flexibility index (Phi) is 3.08. The summed E-state index contributed by atoms with van der Waals surface area (Å²) in [7, 11) is 0. The zero-order chi connectivity index (χ0) is 9.97. The van der Waals surface area contributed by atoms with Gasteiger partial charge in [0.2, 0.25) is 5.91 Å². The van der Waals surface area contributed by atoms with Crippen molar-refractivity contribution in [1.82, 2.24) is 4.90 Å². The van der Waals surface area contributed by atoms with Gasteiger partial charge in [-0.05, 0) is 24.3 Å². The molecule has 0 N–H and O–H groups in total. The summed E-state index contributed by atoms with van der Waals surface area (Å²) < 4.78 is 0. The minimum absolute atomic E-state index is 0.0579. The van der Waals surface area contributed by atoms with Crippen molar-refractivity contribution in [2.75, 3.05) is 12.4 Å². The van der Waals surface area contributed by atoms with Crippen LogP contribution in [0.5, 0.6) is 0 Å². The first kappa shape index (κ1) is 9.99. The number of hydrogen-bond donors (Lipinski definition) is 0. The van der Waals surface area contributed by atoms with Gasteiger partial charge in [-0.1, -0.05) is 6.07 Å². The Labute approximate surface area is 92.5 Å². The molecule has 1 aromatic heterocycles. The molecule has 1 atom stereocenters. The van der Waals surface area contributed by atoms with Crippen LogP contribution in [0.25, 0.3) is 0 Å². The molecule has 1 aliphatic rings. The predicted molar refractivity (Wildman–Crippen MR) is 58.7 cm³/mol. The van der Waals surface area contributed by atoms with Crippen LogP contribution >= 0.6 is 22.9 Å². The second-order valence-corrected chi connectivity index (χ2v) is 4.64. The van der Waals surface area contributed by atoms with Gasteiger partial charge < -0.3 is 4.90 Å². The Morgan fingerprint density at radius 1 is 1.71 bits per heavy atom. The number of alkyl halides is 1. The highest BCUT2D eigenvalue weighted by molar-refractivity contribution is 7.10. The molecule has 0 aromatic carbocycles. The summed E-state index contributed by atoms with van der Waals surface area (Å²) in [6.45, 7) is 0.855. The molecule has 0 bridgehead atoms. The third kappa shape index (κ3) is 1.79. The van der Waals surface area contributed by atoms with Gasteiger partial charge in [-0.2, -0.15) is 0 Å². The Bertz CT molecular complexity index is 312. The molecular formula is C10H12ClNOS. The largest absolute Gasteiger partial charge is 0.334 e. The summed E-state index contributed by atoms with van der Waals surface area (Å²) in [5.41, 5.74) is 0. The highest BCUT2D eigenvalue weighted by Gasteiger charge is 2.29. The molecule has 1 aliphatic heterocycles. The molecule has 0 saturated carbocycles. The molecule has 1 unspecified atom stereocenters. The number of rotatable bonds is 2. The Morgan fingerprint density at radius 3 is 3.21 bits per heavy atom. The molecule has 2 heterocycles. The van der Waals surface area contributed by atoms with Crippen LogP contribution in [0.4, 0.5) is 0 Å². The number of amides is 1. The lowest BCUT2D eigenvalue weighted by molar-refractivity contribution is -0.129. The third-order valence-electron chi connectivity index (χ3n) is 2.56. The van der Waals surface area contributed by atoms with Crippen molar-refractivity contribution in [2.45, 2.75) is 18.9 Å². The summed E-state index contributed by atoms with van der Waals surface area (Å²) in [5.74, 6) is 0.157. The normalized spacial score (nSPS) is 21.5. The number of carbonyl (C=O) groups is 1. The van der Waals surface area contributed by atoms with Crippen molar-refractivity contribution in [2.24, 2.45) is 0 Å². The molecule has 14 heavy (non-hydrogen) atoms. The molecule has 2 rings (SSSR count). The van der Waals surface area contributed by atoms with E-state index in [0.29, 0.717) is 0 Å². The van der Waals surface area contributed by atoms with Gasteiger partial charge in [-0.3, -0.25) is 4.79 Å². The smallest absolute Gasteiger partial charge is 0.238 e. The summed E-state index contributed by atoms with van der Waals surface area (Å²) >= 11 is 7.29. The van der Waals surface area contributed by atoms with Gasteiger partial charge in [-0.25, -0.2) is 0 Å². The number of nitrogens with zero attached hydrogens (tertiary/aromatic N) is 1. The fraction of sp³-hybridized carbons (Fsp3) is 0.500. The molecule has 0 radical (unpaired) electrons. The van der Waals surface area contributed by atoms with E-state index in [-0.39, 0.29) is 17.8 Å². The average molecular weight is 230 g/mol. The lowest BCUT2D eigenvalue weighted by atomic mass is 10.2. The molecule has 1 fully saturated rings. The minimum Gasteiger partial charge on any atom is -0.334 e. The van der Waals surface area contributed by atoms with Crippen LogP contribution in [0.15, 0.2) is 17.5 Å². The van der Waals surface area contributed by atoms with E-state index in [1.54, 1.807) is 11.3 Å².